The summed E-state index contributed by atoms with van der Waals surface area (Å²) in [4.78, 5) is 30.4. The van der Waals surface area contributed by atoms with E-state index in [4.69, 9.17) is 16.3 Å². The number of nitrogens with one attached hydrogen (secondary N) is 1. The standard InChI is InChI=1S/C19H21ClN2O3S/c1-3-12-6-7-15-13(9-12)10-16(26-15)19(24)25-11(2)18(23)22-14-5-4-8-21-17(14)20/h4-5,8,10-12H,3,6-7,9H2,1-2H3,(H,22,23)/t11-,12-/m0/s1. The maximum atomic E-state index is 12.4. The van der Waals surface area contributed by atoms with E-state index in [1.165, 1.54) is 41.3 Å². The highest BCUT2D eigenvalue weighted by molar-refractivity contribution is 7.14. The van der Waals surface area contributed by atoms with Crippen molar-refractivity contribution < 1.29 is 14.3 Å². The summed E-state index contributed by atoms with van der Waals surface area (Å²) in [5.74, 6) is -0.215. The summed E-state index contributed by atoms with van der Waals surface area (Å²) in [5.41, 5.74) is 1.64. The van der Waals surface area contributed by atoms with Gasteiger partial charge in [0.05, 0.1) is 5.69 Å². The van der Waals surface area contributed by atoms with E-state index in [2.05, 4.69) is 17.2 Å². The summed E-state index contributed by atoms with van der Waals surface area (Å²) in [5, 5.41) is 2.81. The minimum Gasteiger partial charge on any atom is -0.448 e. The van der Waals surface area contributed by atoms with E-state index in [0.717, 1.165) is 19.3 Å². The van der Waals surface area contributed by atoms with Gasteiger partial charge in [-0.1, -0.05) is 24.9 Å². The summed E-state index contributed by atoms with van der Waals surface area (Å²) >= 11 is 7.40. The van der Waals surface area contributed by atoms with Crippen LogP contribution in [-0.2, 0) is 22.4 Å². The van der Waals surface area contributed by atoms with E-state index >= 15 is 0 Å². The van der Waals surface area contributed by atoms with Crippen LogP contribution in [0.25, 0.3) is 0 Å². The lowest BCUT2D eigenvalue weighted by atomic mass is 9.87. The lowest BCUT2D eigenvalue weighted by Crippen LogP contribution is -2.30. The summed E-state index contributed by atoms with van der Waals surface area (Å²) in [7, 11) is 0. The Morgan fingerprint density at radius 2 is 2.31 bits per heavy atom. The molecule has 2 aromatic rings. The molecule has 1 amide bonds. The van der Waals surface area contributed by atoms with Crippen molar-refractivity contribution in [2.45, 2.75) is 45.6 Å². The first-order chi connectivity index (χ1) is 12.5. The summed E-state index contributed by atoms with van der Waals surface area (Å²) in [6.45, 7) is 3.74. The average molecular weight is 393 g/mol. The Labute approximate surface area is 161 Å². The zero-order valence-electron chi connectivity index (χ0n) is 14.8. The molecule has 1 aliphatic carbocycles. The molecule has 0 fully saturated rings. The molecule has 0 unspecified atom stereocenters. The number of aryl methyl sites for hydroxylation is 1. The van der Waals surface area contributed by atoms with Crippen LogP contribution in [0.5, 0.6) is 0 Å². The predicted molar refractivity (Wildman–Crippen MR) is 103 cm³/mol. The van der Waals surface area contributed by atoms with Gasteiger partial charge in [-0.15, -0.1) is 11.3 Å². The maximum absolute atomic E-state index is 12.4. The second-order valence-electron chi connectivity index (χ2n) is 6.45. The van der Waals surface area contributed by atoms with Crippen LogP contribution in [0, 0.1) is 5.92 Å². The van der Waals surface area contributed by atoms with Crippen LogP contribution in [0.1, 0.15) is 46.8 Å². The number of thiophene rings is 1. The SMILES string of the molecule is CC[C@H]1CCc2sc(C(=O)O[C@@H](C)C(=O)Nc3cccnc3Cl)cc2C1. The maximum Gasteiger partial charge on any atom is 0.349 e. The molecule has 0 aliphatic heterocycles. The molecule has 2 atom stereocenters. The Kier molecular flexibility index (Phi) is 5.94. The lowest BCUT2D eigenvalue weighted by molar-refractivity contribution is -0.123. The number of anilines is 1. The number of carbonyl (C=O) groups is 2. The molecule has 0 radical (unpaired) electrons. The van der Waals surface area contributed by atoms with Gasteiger partial charge in [0.15, 0.2) is 11.3 Å². The van der Waals surface area contributed by atoms with Gasteiger partial charge >= 0.3 is 5.97 Å². The second-order valence-corrected chi connectivity index (χ2v) is 7.95. The Balaban J connectivity index is 1.62. The zero-order valence-corrected chi connectivity index (χ0v) is 16.3. The number of aromatic nitrogens is 1. The van der Waals surface area contributed by atoms with Crippen LogP contribution in [0.2, 0.25) is 5.15 Å². The number of hydrogen-bond donors (Lipinski definition) is 1. The van der Waals surface area contributed by atoms with E-state index in [-0.39, 0.29) is 5.15 Å². The van der Waals surface area contributed by atoms with Crippen LogP contribution >= 0.6 is 22.9 Å². The number of fused-ring (bicyclic) bond motifs is 1. The number of ether oxygens (including phenoxy) is 1. The van der Waals surface area contributed by atoms with Gasteiger partial charge in [0, 0.05) is 11.1 Å². The summed E-state index contributed by atoms with van der Waals surface area (Å²) in [6.07, 6.45) is 4.96. The van der Waals surface area contributed by atoms with Gasteiger partial charge in [-0.05, 0) is 55.9 Å². The zero-order chi connectivity index (χ0) is 18.7. The van der Waals surface area contributed by atoms with Crippen molar-refractivity contribution in [2.24, 2.45) is 5.92 Å². The first-order valence-electron chi connectivity index (χ1n) is 8.71. The fourth-order valence-electron chi connectivity index (χ4n) is 3.03. The molecular weight excluding hydrogens is 372 g/mol. The van der Waals surface area contributed by atoms with E-state index in [9.17, 15) is 9.59 Å². The predicted octanol–water partition coefficient (Wildman–Crippen LogP) is 4.50. The number of hydrogen-bond acceptors (Lipinski definition) is 5. The van der Waals surface area contributed by atoms with Gasteiger partial charge in [0.1, 0.15) is 4.88 Å². The first-order valence-corrected chi connectivity index (χ1v) is 9.91. The smallest absolute Gasteiger partial charge is 0.349 e. The first kappa shape index (κ1) is 18.9. The van der Waals surface area contributed by atoms with Crippen molar-refractivity contribution in [3.05, 3.63) is 44.9 Å². The molecule has 2 aromatic heterocycles. The molecule has 0 aromatic carbocycles. The van der Waals surface area contributed by atoms with Gasteiger partial charge in [-0.25, -0.2) is 9.78 Å². The molecule has 0 saturated carbocycles. The minimum absolute atomic E-state index is 0.191. The number of halogens is 1. The molecule has 2 heterocycles. The van der Waals surface area contributed by atoms with E-state index in [0.29, 0.717) is 16.5 Å². The number of nitrogens with zero attached hydrogens (tertiary/aromatic N) is 1. The molecule has 7 heteroatoms. The van der Waals surface area contributed by atoms with Crippen LogP contribution in [0.3, 0.4) is 0 Å². The molecule has 1 aliphatic rings. The highest BCUT2D eigenvalue weighted by Gasteiger charge is 2.25. The van der Waals surface area contributed by atoms with Crippen molar-refractivity contribution in [3.8, 4) is 0 Å². The summed E-state index contributed by atoms with van der Waals surface area (Å²) < 4.78 is 5.34. The molecular formula is C19H21ClN2O3S. The third-order valence-corrected chi connectivity index (χ3v) is 6.15. The number of esters is 1. The molecule has 0 spiro atoms. The highest BCUT2D eigenvalue weighted by Crippen LogP contribution is 2.34. The molecule has 1 N–H and O–H groups in total. The van der Waals surface area contributed by atoms with Crippen molar-refractivity contribution in [3.63, 3.8) is 0 Å². The second kappa shape index (κ2) is 8.18. The molecule has 138 valence electrons. The van der Waals surface area contributed by atoms with Crippen molar-refractivity contribution in [1.82, 2.24) is 4.98 Å². The third kappa shape index (κ3) is 4.24. The Bertz CT molecular complexity index is 821. The topological polar surface area (TPSA) is 68.3 Å². The summed E-state index contributed by atoms with van der Waals surface area (Å²) in [6, 6.07) is 5.23. The lowest BCUT2D eigenvalue weighted by Gasteiger charge is -2.19. The third-order valence-electron chi connectivity index (χ3n) is 4.63. The Morgan fingerprint density at radius 3 is 3.04 bits per heavy atom. The van der Waals surface area contributed by atoms with Crippen LogP contribution in [0.15, 0.2) is 24.4 Å². The van der Waals surface area contributed by atoms with Crippen molar-refractivity contribution >= 4 is 40.5 Å². The van der Waals surface area contributed by atoms with E-state index in [1.807, 2.05) is 6.07 Å². The molecule has 26 heavy (non-hydrogen) atoms. The number of pyridine rings is 1. The van der Waals surface area contributed by atoms with Crippen LogP contribution in [0.4, 0.5) is 5.69 Å². The van der Waals surface area contributed by atoms with Crippen molar-refractivity contribution in [2.75, 3.05) is 5.32 Å². The Morgan fingerprint density at radius 1 is 1.50 bits per heavy atom. The van der Waals surface area contributed by atoms with Gasteiger partial charge in [-0.3, -0.25) is 4.79 Å². The fraction of sp³-hybridized carbons (Fsp3) is 0.421. The average Bonchev–Trinajstić information content (AvgIpc) is 3.06. The largest absolute Gasteiger partial charge is 0.448 e. The van der Waals surface area contributed by atoms with Gasteiger partial charge in [0.25, 0.3) is 5.91 Å². The minimum atomic E-state index is -0.929. The highest BCUT2D eigenvalue weighted by atomic mass is 35.5. The monoisotopic (exact) mass is 392 g/mol. The van der Waals surface area contributed by atoms with E-state index < -0.39 is 18.0 Å². The van der Waals surface area contributed by atoms with Crippen molar-refractivity contribution in [1.29, 1.82) is 0 Å². The number of rotatable bonds is 5. The molecule has 3 rings (SSSR count). The number of carbonyl (C=O) groups excluding carboxylic acids is 2. The Hall–Kier alpha value is -1.92. The molecule has 5 nitrogen and oxygen atoms in total. The van der Waals surface area contributed by atoms with Gasteiger partial charge < -0.3 is 10.1 Å². The molecule has 0 bridgehead atoms. The van der Waals surface area contributed by atoms with Crippen LogP contribution in [-0.4, -0.2) is 23.0 Å². The number of amides is 1. The van der Waals surface area contributed by atoms with Gasteiger partial charge in [0.2, 0.25) is 0 Å². The molecule has 0 saturated heterocycles. The van der Waals surface area contributed by atoms with Gasteiger partial charge in [-0.2, -0.15) is 0 Å². The van der Waals surface area contributed by atoms with E-state index in [1.54, 1.807) is 12.1 Å². The fourth-order valence-corrected chi connectivity index (χ4v) is 4.29. The quantitative estimate of drug-likeness (QED) is 0.601. The van der Waals surface area contributed by atoms with Crippen LogP contribution < -0.4 is 5.32 Å². The normalized spacial score (nSPS) is 17.3.